The van der Waals surface area contributed by atoms with Crippen molar-refractivity contribution in [3.8, 4) is 0 Å². The summed E-state index contributed by atoms with van der Waals surface area (Å²) in [6.45, 7) is -2.84. The summed E-state index contributed by atoms with van der Waals surface area (Å²) in [6.07, 6.45) is -0.635. The van der Waals surface area contributed by atoms with Crippen LogP contribution >= 0.6 is 7.77 Å². The fourth-order valence-corrected chi connectivity index (χ4v) is 3.38. The molecule has 0 bridgehead atoms. The molecule has 0 saturated carbocycles. The lowest BCUT2D eigenvalue weighted by molar-refractivity contribution is -0.861. The minimum atomic E-state index is -2.59. The van der Waals surface area contributed by atoms with E-state index in [-0.39, 0.29) is 11.0 Å². The van der Waals surface area contributed by atoms with E-state index in [2.05, 4.69) is 14.5 Å². The van der Waals surface area contributed by atoms with Crippen LogP contribution in [-0.4, -0.2) is 84.0 Å². The molecule has 1 unspecified atom stereocenters. The summed E-state index contributed by atoms with van der Waals surface area (Å²) in [5, 5.41) is 37.6. The number of aliphatic hydroxyl groups is 1. The van der Waals surface area contributed by atoms with Crippen molar-refractivity contribution in [2.75, 3.05) is 53.7 Å². The Bertz CT molecular complexity index is 516. The van der Waals surface area contributed by atoms with Crippen LogP contribution in [0.15, 0.2) is 0 Å². The van der Waals surface area contributed by atoms with Crippen LogP contribution in [-0.2, 0) is 14.5 Å². The third-order valence-electron chi connectivity index (χ3n) is 2.81. The molecule has 0 amide bonds. The summed E-state index contributed by atoms with van der Waals surface area (Å²) < 4.78 is 0.197. The maximum absolute atomic E-state index is 12.3. The second-order valence-electron chi connectivity index (χ2n) is 6.39. The molecule has 0 aromatic rings. The predicted octanol–water partition coefficient (Wildman–Crippen LogP) is -1.44. The Morgan fingerprint density at radius 3 is 1.58 bits per heavy atom. The Balaban J connectivity index is 5.63. The zero-order chi connectivity index (χ0) is 20.5. The first-order chi connectivity index (χ1) is 11.8. The highest BCUT2D eigenvalue weighted by Crippen LogP contribution is 2.31. The van der Waals surface area contributed by atoms with E-state index < -0.39 is 59.9 Å². The average Bonchev–Trinajstić information content (AvgIpc) is 2.46. The Morgan fingerprint density at radius 1 is 0.962 bits per heavy atom. The van der Waals surface area contributed by atoms with Gasteiger partial charge in [-0.2, -0.15) is 0 Å². The van der Waals surface area contributed by atoms with Crippen molar-refractivity contribution in [2.45, 2.75) is 0 Å². The van der Waals surface area contributed by atoms with E-state index in [0.717, 1.165) is 0 Å². The van der Waals surface area contributed by atoms with Crippen LogP contribution in [0.5, 0.6) is 0 Å². The molecule has 0 aliphatic rings. The molecular formula is C10H20N4O11P+. The van der Waals surface area contributed by atoms with Crippen molar-refractivity contribution in [3.63, 3.8) is 0 Å². The molecule has 150 valence electrons. The molecule has 0 rings (SSSR count). The van der Waals surface area contributed by atoms with Gasteiger partial charge in [0.25, 0.3) is 20.7 Å². The maximum atomic E-state index is 12.3. The summed E-state index contributed by atoms with van der Waals surface area (Å²) in [7, 11) is 2.48. The number of hydrogen-bond acceptors (Lipinski definition) is 10. The topological polar surface area (TPSA) is 200 Å². The monoisotopic (exact) mass is 403 g/mol. The van der Waals surface area contributed by atoms with Crippen molar-refractivity contribution in [2.24, 2.45) is 5.41 Å². The first-order valence-electron chi connectivity index (χ1n) is 6.88. The van der Waals surface area contributed by atoms with Crippen LogP contribution in [0.25, 0.3) is 0 Å². The third kappa shape index (κ3) is 10.5. The highest BCUT2D eigenvalue weighted by Gasteiger charge is 2.40. The van der Waals surface area contributed by atoms with Gasteiger partial charge in [-0.15, -0.1) is 30.3 Å². The number of quaternary nitrogens is 1. The van der Waals surface area contributed by atoms with E-state index in [0.29, 0.717) is 0 Å². The van der Waals surface area contributed by atoms with E-state index in [4.69, 9.17) is 0 Å². The molecule has 0 aliphatic heterocycles. The minimum absolute atomic E-state index is 0.0481. The molecule has 0 spiro atoms. The van der Waals surface area contributed by atoms with Gasteiger partial charge in [-0.25, -0.2) is 0 Å². The van der Waals surface area contributed by atoms with Crippen LogP contribution in [0.3, 0.4) is 0 Å². The molecule has 16 heteroatoms. The zero-order valence-corrected chi connectivity index (χ0v) is 15.2. The largest absolute Gasteiger partial charge is 0.628 e. The molecule has 0 saturated heterocycles. The molecule has 1 N–H and O–H groups in total. The van der Waals surface area contributed by atoms with E-state index in [1.54, 1.807) is 21.1 Å². The summed E-state index contributed by atoms with van der Waals surface area (Å²) in [5.41, 5.74) is -2.36. The fourth-order valence-electron chi connectivity index (χ4n) is 1.73. The highest BCUT2D eigenvalue weighted by atomic mass is 31.1. The third-order valence-corrected chi connectivity index (χ3v) is 4.49. The molecular weight excluding hydrogens is 383 g/mol. The van der Waals surface area contributed by atoms with Crippen LogP contribution in [0, 0.1) is 35.8 Å². The molecule has 0 aromatic carbocycles. The molecule has 26 heavy (non-hydrogen) atoms. The van der Waals surface area contributed by atoms with E-state index in [9.17, 15) is 40.3 Å². The Labute approximate surface area is 148 Å². The molecule has 0 radical (unpaired) electrons. The van der Waals surface area contributed by atoms with E-state index in [1.807, 2.05) is 0 Å². The number of rotatable bonds is 13. The summed E-state index contributed by atoms with van der Waals surface area (Å²) >= 11 is 0. The number of nitrogens with zero attached hydrogens (tertiary/aromatic N) is 4. The van der Waals surface area contributed by atoms with Crippen molar-refractivity contribution >= 4 is 13.3 Å². The van der Waals surface area contributed by atoms with Crippen LogP contribution in [0.1, 0.15) is 0 Å². The van der Waals surface area contributed by atoms with Crippen LogP contribution in [0.2, 0.25) is 0 Å². The lowest BCUT2D eigenvalue weighted by Gasteiger charge is -2.29. The maximum Gasteiger partial charge on any atom is 0.294 e. The zero-order valence-electron chi connectivity index (χ0n) is 14.3. The summed E-state index contributed by atoms with van der Waals surface area (Å²) in [6, 6.07) is 0. The normalized spacial score (nSPS) is 12.8. The van der Waals surface area contributed by atoms with Crippen molar-refractivity contribution in [3.05, 3.63) is 30.3 Å². The predicted molar refractivity (Wildman–Crippen MR) is 82.9 cm³/mol. The molecule has 0 heterocycles. The lowest BCUT2D eigenvalue weighted by Crippen LogP contribution is -2.44. The highest BCUT2D eigenvalue weighted by molar-refractivity contribution is 7.51. The Hall–Kier alpha value is -2.35. The second kappa shape index (κ2) is 9.96. The smallest absolute Gasteiger partial charge is 0.294 e. The van der Waals surface area contributed by atoms with Gasteiger partial charge in [0.15, 0.2) is 6.54 Å². The quantitative estimate of drug-likeness (QED) is 0.163. The second-order valence-corrected chi connectivity index (χ2v) is 7.98. The number of aliphatic hydroxyl groups excluding tert-OH is 1. The summed E-state index contributed by atoms with van der Waals surface area (Å²) in [5.74, 6) is 0. The van der Waals surface area contributed by atoms with Crippen molar-refractivity contribution in [1.82, 2.24) is 0 Å². The average molecular weight is 403 g/mol. The molecule has 0 fully saturated rings. The van der Waals surface area contributed by atoms with Crippen molar-refractivity contribution in [1.29, 1.82) is 0 Å². The molecule has 0 aliphatic carbocycles. The van der Waals surface area contributed by atoms with Gasteiger partial charge in [0.05, 0.1) is 34.3 Å². The fraction of sp³-hybridized carbons (Fsp3) is 0.900. The van der Waals surface area contributed by atoms with Crippen molar-refractivity contribution < 1.29 is 44.3 Å². The molecule has 15 nitrogen and oxygen atoms in total. The van der Waals surface area contributed by atoms with Crippen LogP contribution in [0.4, 0.5) is 0 Å². The summed E-state index contributed by atoms with van der Waals surface area (Å²) in [4.78, 5) is 56.1. The van der Waals surface area contributed by atoms with E-state index >= 15 is 0 Å². The van der Waals surface area contributed by atoms with Gasteiger partial charge >= 0.3 is 0 Å². The Kier molecular flexibility index (Phi) is 9.06. The number of likely N-dealkylation sites (N-methyl/N-ethyl adjacent to an activating group) is 1. The molecule has 0 aromatic heterocycles. The van der Waals surface area contributed by atoms with Gasteiger partial charge in [-0.3, -0.25) is 0 Å². The number of hydrogen-bond donors (Lipinski definition) is 1. The van der Waals surface area contributed by atoms with Gasteiger partial charge in [-0.1, -0.05) is 0 Å². The van der Waals surface area contributed by atoms with Gasteiger partial charge in [0.1, 0.15) is 26.0 Å². The van der Waals surface area contributed by atoms with Gasteiger partial charge in [0, 0.05) is 0 Å². The van der Waals surface area contributed by atoms with E-state index in [1.165, 1.54) is 0 Å². The first-order valence-corrected chi connectivity index (χ1v) is 8.33. The van der Waals surface area contributed by atoms with Gasteiger partial charge in [-0.05, 0) is 0 Å². The first kappa shape index (κ1) is 23.6. The van der Waals surface area contributed by atoms with Crippen LogP contribution < -0.4 is 4.89 Å². The van der Waals surface area contributed by atoms with Gasteiger partial charge < -0.3 is 29.0 Å². The molecule has 1 atom stereocenters. The SMILES string of the molecule is C[N+](C)(C)C/C(O)=[P+](\[O-])CC(CO[N+](=O)[O-])(CO[N+](=O)[O-])CO[N+](=O)[O-]. The minimum Gasteiger partial charge on any atom is -0.628 e. The lowest BCUT2D eigenvalue weighted by atomic mass is 9.94. The Morgan fingerprint density at radius 2 is 1.31 bits per heavy atom. The standard InChI is InChI=1S/C10H19N4O11P/c1-14(2,3)4-9(15)26(22)8-10(5-23-11(16)17,6-24-12(18)19)7-25-13(20)21/h4-8H2,1-3H3/p+1. The van der Waals surface area contributed by atoms with Gasteiger partial charge in [0.2, 0.25) is 0 Å².